The number of ketones is 1. The summed E-state index contributed by atoms with van der Waals surface area (Å²) in [5, 5.41) is 4.95. The van der Waals surface area contributed by atoms with Crippen molar-refractivity contribution in [2.24, 2.45) is 0 Å². The third kappa shape index (κ3) is 6.18. The fraction of sp³-hybridized carbons (Fsp3) is 0.273. The Morgan fingerprint density at radius 1 is 1.07 bits per heavy atom. The highest BCUT2D eigenvalue weighted by Gasteiger charge is 2.22. The molecule has 0 radical (unpaired) electrons. The lowest BCUT2D eigenvalue weighted by atomic mass is 10.0. The lowest BCUT2D eigenvalue weighted by molar-refractivity contribution is -0.920. The van der Waals surface area contributed by atoms with Gasteiger partial charge in [-0.2, -0.15) is 0 Å². The molecule has 3 rings (SSSR count). The number of furan rings is 1. The fourth-order valence-corrected chi connectivity index (χ4v) is 3.90. The van der Waals surface area contributed by atoms with Crippen molar-refractivity contribution < 1.29 is 18.9 Å². The van der Waals surface area contributed by atoms with Crippen LogP contribution in [0.5, 0.6) is 0 Å². The molecule has 0 saturated carbocycles. The molecule has 6 heteroatoms. The van der Waals surface area contributed by atoms with Crippen molar-refractivity contribution in [1.82, 2.24) is 5.32 Å². The van der Waals surface area contributed by atoms with Gasteiger partial charge < -0.3 is 14.6 Å². The number of nitrogens with one attached hydrogen (secondary N) is 2. The van der Waals surface area contributed by atoms with Crippen LogP contribution in [0.1, 0.15) is 23.1 Å². The minimum Gasteiger partial charge on any atom is -0.463 e. The zero-order valence-electron chi connectivity index (χ0n) is 15.9. The standard InChI is InChI=1S/C22H24N2O3S/c1-17(25)21(13-18-7-3-2-4-8-18)23-22(26)16-24(14-19-9-5-11-27-19)15-20-10-6-12-28-20/h2-12,21H,13-16H2,1H3,(H,23,26)/p+1/t21-/m0/s1. The summed E-state index contributed by atoms with van der Waals surface area (Å²) in [7, 11) is 0. The summed E-state index contributed by atoms with van der Waals surface area (Å²) in [4.78, 5) is 27.0. The van der Waals surface area contributed by atoms with E-state index in [1.165, 1.54) is 11.8 Å². The molecule has 2 heterocycles. The first-order valence-electron chi connectivity index (χ1n) is 9.32. The molecular formula is C22H25N2O3S+. The Kier molecular flexibility index (Phi) is 7.17. The highest BCUT2D eigenvalue weighted by Crippen LogP contribution is 2.07. The number of quaternary nitrogens is 1. The number of hydrogen-bond acceptors (Lipinski definition) is 4. The molecule has 3 aromatic rings. The van der Waals surface area contributed by atoms with Gasteiger partial charge in [-0.1, -0.05) is 36.4 Å². The molecule has 0 aliphatic carbocycles. The van der Waals surface area contributed by atoms with E-state index in [1.54, 1.807) is 17.6 Å². The average Bonchev–Trinajstić information content (AvgIpc) is 3.36. The molecule has 28 heavy (non-hydrogen) atoms. The van der Waals surface area contributed by atoms with Crippen LogP contribution in [0.3, 0.4) is 0 Å². The Labute approximate surface area is 169 Å². The van der Waals surface area contributed by atoms with Gasteiger partial charge in [-0.25, -0.2) is 0 Å². The molecule has 0 fully saturated rings. The second-order valence-corrected chi connectivity index (χ2v) is 7.89. The van der Waals surface area contributed by atoms with E-state index in [4.69, 9.17) is 4.42 Å². The predicted octanol–water partition coefficient (Wildman–Crippen LogP) is 2.24. The lowest BCUT2D eigenvalue weighted by Gasteiger charge is -2.20. The first-order valence-corrected chi connectivity index (χ1v) is 10.2. The Hall–Kier alpha value is -2.70. The molecule has 5 nitrogen and oxygen atoms in total. The maximum Gasteiger partial charge on any atom is 0.275 e. The Morgan fingerprint density at radius 2 is 1.89 bits per heavy atom. The van der Waals surface area contributed by atoms with Crippen molar-refractivity contribution in [3.05, 3.63) is 82.4 Å². The van der Waals surface area contributed by atoms with Gasteiger partial charge in [-0.05, 0) is 42.5 Å². The maximum atomic E-state index is 12.7. The molecule has 2 aromatic heterocycles. The molecule has 2 N–H and O–H groups in total. The molecule has 1 amide bonds. The Morgan fingerprint density at radius 3 is 2.54 bits per heavy atom. The summed E-state index contributed by atoms with van der Waals surface area (Å²) in [6, 6.07) is 17.1. The van der Waals surface area contributed by atoms with E-state index < -0.39 is 6.04 Å². The molecule has 1 aromatic carbocycles. The molecule has 0 spiro atoms. The molecule has 1 unspecified atom stereocenters. The minimum absolute atomic E-state index is 0.0388. The number of hydrogen-bond donors (Lipinski definition) is 2. The maximum absolute atomic E-state index is 12.7. The number of Topliss-reactive ketones (excluding diaryl/α,β-unsaturated/α-hetero) is 1. The summed E-state index contributed by atoms with van der Waals surface area (Å²) in [6.45, 7) is 3.14. The summed E-state index contributed by atoms with van der Waals surface area (Å²) >= 11 is 1.67. The fourth-order valence-electron chi connectivity index (χ4n) is 3.13. The van der Waals surface area contributed by atoms with Crippen LogP contribution in [-0.4, -0.2) is 24.3 Å². The second-order valence-electron chi connectivity index (χ2n) is 6.86. The molecule has 0 aliphatic heterocycles. The number of rotatable bonds is 10. The molecule has 2 atom stereocenters. The zero-order chi connectivity index (χ0) is 19.8. The average molecular weight is 398 g/mol. The van der Waals surface area contributed by atoms with Gasteiger partial charge in [0.15, 0.2) is 18.1 Å². The summed E-state index contributed by atoms with van der Waals surface area (Å²) in [5.41, 5.74) is 1.03. The van der Waals surface area contributed by atoms with E-state index in [9.17, 15) is 9.59 Å². The van der Waals surface area contributed by atoms with Gasteiger partial charge >= 0.3 is 0 Å². The molecule has 0 bridgehead atoms. The van der Waals surface area contributed by atoms with Crippen LogP contribution in [0.4, 0.5) is 0 Å². The van der Waals surface area contributed by atoms with Crippen LogP contribution in [0.2, 0.25) is 0 Å². The van der Waals surface area contributed by atoms with Crippen LogP contribution in [-0.2, 0) is 29.1 Å². The van der Waals surface area contributed by atoms with E-state index in [0.717, 1.165) is 22.8 Å². The smallest absolute Gasteiger partial charge is 0.275 e. The predicted molar refractivity (Wildman–Crippen MR) is 109 cm³/mol. The normalized spacial score (nSPS) is 13.0. The Bertz CT molecular complexity index is 824. The van der Waals surface area contributed by atoms with E-state index in [-0.39, 0.29) is 18.2 Å². The van der Waals surface area contributed by atoms with E-state index in [0.29, 0.717) is 13.0 Å². The first kappa shape index (κ1) is 20.0. The highest BCUT2D eigenvalue weighted by atomic mass is 32.1. The quantitative estimate of drug-likeness (QED) is 0.552. The minimum atomic E-state index is -0.512. The van der Waals surface area contributed by atoms with Gasteiger partial charge in [0.25, 0.3) is 5.91 Å². The number of benzene rings is 1. The van der Waals surface area contributed by atoms with Crippen molar-refractivity contribution in [2.45, 2.75) is 32.5 Å². The number of amides is 1. The third-order valence-electron chi connectivity index (χ3n) is 4.53. The molecular weight excluding hydrogens is 372 g/mol. The zero-order valence-corrected chi connectivity index (χ0v) is 16.7. The van der Waals surface area contributed by atoms with Crippen LogP contribution in [0.15, 0.2) is 70.7 Å². The SMILES string of the molecule is CC(=O)[C@H](Cc1ccccc1)NC(=O)C[NH+](Cc1ccco1)Cc1cccs1. The first-order chi connectivity index (χ1) is 13.6. The largest absolute Gasteiger partial charge is 0.463 e. The number of carbonyl (C=O) groups is 2. The van der Waals surface area contributed by atoms with E-state index in [1.807, 2.05) is 53.9 Å². The number of carbonyl (C=O) groups excluding carboxylic acids is 2. The monoisotopic (exact) mass is 397 g/mol. The van der Waals surface area contributed by atoms with Crippen molar-refractivity contribution in [3.8, 4) is 0 Å². The van der Waals surface area contributed by atoms with Gasteiger partial charge in [-0.3, -0.25) is 9.59 Å². The summed E-state index contributed by atoms with van der Waals surface area (Å²) < 4.78 is 5.46. The lowest BCUT2D eigenvalue weighted by Crippen LogP contribution is -3.10. The van der Waals surface area contributed by atoms with Crippen LogP contribution < -0.4 is 10.2 Å². The Balaban J connectivity index is 1.63. The van der Waals surface area contributed by atoms with Crippen LogP contribution in [0, 0.1) is 0 Å². The van der Waals surface area contributed by atoms with E-state index in [2.05, 4.69) is 11.4 Å². The van der Waals surface area contributed by atoms with Crippen molar-refractivity contribution >= 4 is 23.0 Å². The van der Waals surface area contributed by atoms with Crippen molar-refractivity contribution in [2.75, 3.05) is 6.54 Å². The number of thiophene rings is 1. The second kappa shape index (κ2) is 10.0. The molecule has 0 aliphatic rings. The van der Waals surface area contributed by atoms with Crippen LogP contribution in [0.25, 0.3) is 0 Å². The van der Waals surface area contributed by atoms with Crippen molar-refractivity contribution in [1.29, 1.82) is 0 Å². The van der Waals surface area contributed by atoms with Gasteiger partial charge in [0.1, 0.15) is 13.1 Å². The van der Waals surface area contributed by atoms with Gasteiger partial charge in [-0.15, -0.1) is 11.3 Å². The molecule has 146 valence electrons. The molecule has 0 saturated heterocycles. The highest BCUT2D eigenvalue weighted by molar-refractivity contribution is 7.09. The third-order valence-corrected chi connectivity index (χ3v) is 5.40. The van der Waals surface area contributed by atoms with Gasteiger partial charge in [0.2, 0.25) is 0 Å². The van der Waals surface area contributed by atoms with Crippen LogP contribution >= 0.6 is 11.3 Å². The van der Waals surface area contributed by atoms with E-state index >= 15 is 0 Å². The summed E-state index contributed by atoms with van der Waals surface area (Å²) in [5.74, 6) is 0.670. The topological polar surface area (TPSA) is 63.8 Å². The van der Waals surface area contributed by atoms with Gasteiger partial charge in [0.05, 0.1) is 17.2 Å². The summed E-state index contributed by atoms with van der Waals surface area (Å²) in [6.07, 6.45) is 2.14. The van der Waals surface area contributed by atoms with Gasteiger partial charge in [0, 0.05) is 0 Å². The van der Waals surface area contributed by atoms with Crippen molar-refractivity contribution in [3.63, 3.8) is 0 Å².